The Kier molecular flexibility index (Phi) is 36.1. The molecule has 0 radical (unpaired) electrons. The first-order chi connectivity index (χ1) is 26.0. The van der Waals surface area contributed by atoms with Crippen LogP contribution in [0, 0.1) is 17.8 Å². The van der Waals surface area contributed by atoms with Gasteiger partial charge in [0.25, 0.3) is 0 Å². The van der Waals surface area contributed by atoms with Crippen LogP contribution in [0.3, 0.4) is 0 Å². The Morgan fingerprint density at radius 2 is 0.774 bits per heavy atom. The van der Waals surface area contributed by atoms with Gasteiger partial charge in [0.05, 0.1) is 6.54 Å². The third-order valence-electron chi connectivity index (χ3n) is 12.8. The molecule has 1 heterocycles. The quantitative estimate of drug-likeness (QED) is 0.0466. The van der Waals surface area contributed by atoms with Gasteiger partial charge in [-0.3, -0.25) is 0 Å². The van der Waals surface area contributed by atoms with Crippen LogP contribution in [0.1, 0.15) is 285 Å². The number of nitrogens with zero attached hydrogens (tertiary/aromatic N) is 2. The van der Waals surface area contributed by atoms with E-state index < -0.39 is 0 Å². The Morgan fingerprint density at radius 3 is 1.28 bits per heavy atom. The van der Waals surface area contributed by atoms with Crippen LogP contribution in [0.5, 0.6) is 0 Å². The van der Waals surface area contributed by atoms with Gasteiger partial charge in [-0.05, 0) is 56.3 Å². The molecule has 4 atom stereocenters. The van der Waals surface area contributed by atoms with E-state index in [4.69, 9.17) is 0 Å². The van der Waals surface area contributed by atoms with Gasteiger partial charge in [-0.15, -0.1) is 0 Å². The SMILES string of the molecule is CCCCCCCCCCCCCCC(CCCCC(CCCCCCCC)n1cc[n+](CCCC)c1)CC(C)CCCC(C)CCCCCCCC. The number of aryl methyl sites for hydroxylation is 1. The minimum atomic E-state index is 0.691. The molecule has 1 aromatic heterocycles. The van der Waals surface area contributed by atoms with Crippen LogP contribution in [-0.4, -0.2) is 4.57 Å². The van der Waals surface area contributed by atoms with Gasteiger partial charge in [-0.2, -0.15) is 0 Å². The second kappa shape index (κ2) is 38.1. The molecule has 0 aliphatic heterocycles. The van der Waals surface area contributed by atoms with Crippen molar-refractivity contribution in [2.45, 2.75) is 292 Å². The normalized spacial score (nSPS) is 14.2. The van der Waals surface area contributed by atoms with E-state index >= 15 is 0 Å². The number of rotatable bonds is 42. The van der Waals surface area contributed by atoms with Crippen molar-refractivity contribution in [1.29, 1.82) is 0 Å². The molecule has 0 aliphatic rings. The molecule has 4 unspecified atom stereocenters. The monoisotopic (exact) mass is 742 g/mol. The third-order valence-corrected chi connectivity index (χ3v) is 12.8. The van der Waals surface area contributed by atoms with Crippen molar-refractivity contribution in [2.24, 2.45) is 17.8 Å². The predicted molar refractivity (Wildman–Crippen MR) is 239 cm³/mol. The van der Waals surface area contributed by atoms with E-state index in [1.54, 1.807) is 0 Å². The zero-order valence-electron chi connectivity index (χ0n) is 37.8. The van der Waals surface area contributed by atoms with Crippen molar-refractivity contribution in [2.75, 3.05) is 0 Å². The summed E-state index contributed by atoms with van der Waals surface area (Å²) in [6.07, 6.45) is 60.2. The van der Waals surface area contributed by atoms with Crippen LogP contribution in [0.25, 0.3) is 0 Å². The first kappa shape index (κ1) is 50.2. The van der Waals surface area contributed by atoms with E-state index in [9.17, 15) is 0 Å². The second-order valence-corrected chi connectivity index (χ2v) is 18.4. The highest BCUT2D eigenvalue weighted by Gasteiger charge is 2.19. The van der Waals surface area contributed by atoms with Crippen LogP contribution in [-0.2, 0) is 6.54 Å². The van der Waals surface area contributed by atoms with Gasteiger partial charge in [0.15, 0.2) is 0 Å². The molecular weight excluding hydrogens is 641 g/mol. The van der Waals surface area contributed by atoms with E-state index in [1.165, 1.54) is 244 Å². The summed E-state index contributed by atoms with van der Waals surface area (Å²) in [6, 6.07) is 0.691. The lowest BCUT2D eigenvalue weighted by Gasteiger charge is -2.22. The molecule has 1 aromatic rings. The Balaban J connectivity index is 2.56. The predicted octanol–water partition coefficient (Wildman–Crippen LogP) is 17.7. The molecule has 1 rings (SSSR count). The maximum Gasteiger partial charge on any atom is 0.243 e. The summed E-state index contributed by atoms with van der Waals surface area (Å²) in [7, 11) is 0. The molecule has 0 fully saturated rings. The lowest BCUT2D eigenvalue weighted by atomic mass is 9.84. The fourth-order valence-electron chi connectivity index (χ4n) is 9.09. The molecule has 0 aliphatic carbocycles. The smallest absolute Gasteiger partial charge is 0.237 e. The number of hydrogen-bond acceptors (Lipinski definition) is 0. The summed E-state index contributed by atoms with van der Waals surface area (Å²) in [5.41, 5.74) is 0. The average molecular weight is 742 g/mol. The number of aromatic nitrogens is 2. The molecule has 2 nitrogen and oxygen atoms in total. The lowest BCUT2D eigenvalue weighted by Crippen LogP contribution is -2.31. The molecule has 0 amide bonds. The lowest BCUT2D eigenvalue weighted by molar-refractivity contribution is -0.697. The Bertz CT molecular complexity index is 843. The minimum Gasteiger partial charge on any atom is -0.237 e. The Labute approximate surface area is 336 Å². The van der Waals surface area contributed by atoms with Crippen LogP contribution >= 0.6 is 0 Å². The van der Waals surface area contributed by atoms with Crippen LogP contribution in [0.2, 0.25) is 0 Å². The van der Waals surface area contributed by atoms with Gasteiger partial charge >= 0.3 is 0 Å². The molecule has 53 heavy (non-hydrogen) atoms. The molecule has 0 bridgehead atoms. The summed E-state index contributed by atoms with van der Waals surface area (Å²) in [5, 5.41) is 0. The highest BCUT2D eigenvalue weighted by atomic mass is 15.1. The fraction of sp³-hybridized carbons (Fsp3) is 0.941. The number of unbranched alkanes of at least 4 members (excludes halogenated alkanes) is 23. The first-order valence-corrected chi connectivity index (χ1v) is 25.1. The van der Waals surface area contributed by atoms with Crippen LogP contribution in [0.15, 0.2) is 18.7 Å². The highest BCUT2D eigenvalue weighted by Crippen LogP contribution is 2.30. The number of imidazole rings is 1. The zero-order valence-corrected chi connectivity index (χ0v) is 37.8. The zero-order chi connectivity index (χ0) is 38.5. The average Bonchev–Trinajstić information content (AvgIpc) is 3.63. The Hall–Kier alpha value is -0.790. The topological polar surface area (TPSA) is 8.81 Å². The molecule has 0 saturated carbocycles. The summed E-state index contributed by atoms with van der Waals surface area (Å²) < 4.78 is 5.04. The maximum absolute atomic E-state index is 2.60. The van der Waals surface area contributed by atoms with E-state index in [2.05, 4.69) is 69.4 Å². The highest BCUT2D eigenvalue weighted by molar-refractivity contribution is 4.76. The maximum atomic E-state index is 2.60. The third kappa shape index (κ3) is 31.0. The largest absolute Gasteiger partial charge is 0.243 e. The van der Waals surface area contributed by atoms with Crippen LogP contribution in [0.4, 0.5) is 0 Å². The van der Waals surface area contributed by atoms with E-state index in [0.717, 1.165) is 17.8 Å². The summed E-state index contributed by atoms with van der Waals surface area (Å²) >= 11 is 0. The van der Waals surface area contributed by atoms with Crippen molar-refractivity contribution in [3.8, 4) is 0 Å². The van der Waals surface area contributed by atoms with Gasteiger partial charge in [-0.25, -0.2) is 9.13 Å². The van der Waals surface area contributed by atoms with Crippen molar-refractivity contribution < 1.29 is 4.57 Å². The molecule has 0 aromatic carbocycles. The van der Waals surface area contributed by atoms with Crippen molar-refractivity contribution in [3.63, 3.8) is 0 Å². The molecule has 314 valence electrons. The molecule has 2 heteroatoms. The van der Waals surface area contributed by atoms with E-state index in [-0.39, 0.29) is 0 Å². The van der Waals surface area contributed by atoms with Gasteiger partial charge in [-0.1, -0.05) is 241 Å². The van der Waals surface area contributed by atoms with Gasteiger partial charge in [0, 0.05) is 0 Å². The molecule has 0 spiro atoms. The van der Waals surface area contributed by atoms with Crippen molar-refractivity contribution in [1.82, 2.24) is 4.57 Å². The summed E-state index contributed by atoms with van der Waals surface area (Å²) in [4.78, 5) is 0. The van der Waals surface area contributed by atoms with Crippen molar-refractivity contribution in [3.05, 3.63) is 18.7 Å². The standard InChI is InChI=1S/C51H101N2/c1-7-11-15-18-21-22-23-24-25-26-28-31-39-50(46-49(6)38-35-37-48(5)36-30-27-19-16-12-8-2)40-33-34-42-51(41-32-29-20-17-13-9-3)53-45-44-52(47-53)43-14-10-4/h44-45,47-51H,7-43,46H2,1-6H3/q+1. The van der Waals surface area contributed by atoms with Gasteiger partial charge in [0.2, 0.25) is 6.33 Å². The first-order valence-electron chi connectivity index (χ1n) is 25.1. The Morgan fingerprint density at radius 1 is 0.396 bits per heavy atom. The fourth-order valence-corrected chi connectivity index (χ4v) is 9.09. The van der Waals surface area contributed by atoms with Crippen molar-refractivity contribution >= 4 is 0 Å². The molecular formula is C51H101N2+. The molecule has 0 saturated heterocycles. The molecule has 0 N–H and O–H groups in total. The van der Waals surface area contributed by atoms with Gasteiger partial charge in [0.1, 0.15) is 18.4 Å². The van der Waals surface area contributed by atoms with Crippen LogP contribution < -0.4 is 4.57 Å². The second-order valence-electron chi connectivity index (χ2n) is 18.4. The summed E-state index contributed by atoms with van der Waals surface area (Å²) in [5.74, 6) is 2.78. The van der Waals surface area contributed by atoms with E-state index in [0.29, 0.717) is 6.04 Å². The summed E-state index contributed by atoms with van der Waals surface area (Å²) in [6.45, 7) is 15.6. The number of hydrogen-bond donors (Lipinski definition) is 0. The minimum absolute atomic E-state index is 0.691. The van der Waals surface area contributed by atoms with E-state index in [1.807, 2.05) is 0 Å². The van der Waals surface area contributed by atoms with Gasteiger partial charge < -0.3 is 0 Å².